The van der Waals surface area contributed by atoms with Crippen LogP contribution in [-0.2, 0) is 9.53 Å². The molecule has 0 bridgehead atoms. The number of hydrogen-bond donors (Lipinski definition) is 1. The number of nitrogens with zero attached hydrogens (tertiary/aromatic N) is 1. The molecule has 1 aromatic heterocycles. The summed E-state index contributed by atoms with van der Waals surface area (Å²) in [7, 11) is 1.65. The maximum atomic E-state index is 12.5. The molecule has 1 aliphatic rings. The number of furan rings is 1. The second-order valence-electron chi connectivity index (χ2n) is 5.83. The van der Waals surface area contributed by atoms with Gasteiger partial charge in [0.15, 0.2) is 0 Å². The molecule has 1 N–H and O–H groups in total. The molecule has 2 rings (SSSR count). The molecule has 118 valence electrons. The van der Waals surface area contributed by atoms with Gasteiger partial charge in [0.25, 0.3) is 0 Å². The van der Waals surface area contributed by atoms with Gasteiger partial charge in [0.05, 0.1) is 25.5 Å². The lowest BCUT2D eigenvalue weighted by Crippen LogP contribution is -2.50. The summed E-state index contributed by atoms with van der Waals surface area (Å²) in [5.74, 6) is 0.951. The highest BCUT2D eigenvalue weighted by Crippen LogP contribution is 2.22. The fraction of sp³-hybridized carbons (Fsp3) is 0.688. The van der Waals surface area contributed by atoms with Crippen LogP contribution in [-0.4, -0.2) is 43.2 Å². The van der Waals surface area contributed by atoms with Crippen LogP contribution in [0.4, 0.5) is 0 Å². The molecule has 21 heavy (non-hydrogen) atoms. The molecule has 1 amide bonds. The number of piperidine rings is 1. The summed E-state index contributed by atoms with van der Waals surface area (Å²) in [6.45, 7) is 5.05. The van der Waals surface area contributed by atoms with Crippen LogP contribution in [0.1, 0.15) is 44.9 Å². The number of ether oxygens (including phenoxy) is 1. The number of carbonyl (C=O) groups excluding carboxylic acids is 1. The molecule has 5 nitrogen and oxygen atoms in total. The van der Waals surface area contributed by atoms with Crippen molar-refractivity contribution >= 4 is 5.91 Å². The Morgan fingerprint density at radius 2 is 2.19 bits per heavy atom. The Hall–Kier alpha value is -1.33. The Labute approximate surface area is 126 Å². The predicted octanol–water partition coefficient (Wildman–Crippen LogP) is 2.35. The highest BCUT2D eigenvalue weighted by atomic mass is 16.5. The average molecular weight is 294 g/mol. The molecule has 5 heteroatoms. The van der Waals surface area contributed by atoms with Gasteiger partial charge in [0, 0.05) is 19.2 Å². The first kappa shape index (κ1) is 16.0. The number of amides is 1. The first-order chi connectivity index (χ1) is 10.1. The second-order valence-corrected chi connectivity index (χ2v) is 5.83. The van der Waals surface area contributed by atoms with E-state index in [1.807, 2.05) is 17.0 Å². The summed E-state index contributed by atoms with van der Waals surface area (Å²) in [5, 5.41) is 3.25. The lowest BCUT2D eigenvalue weighted by molar-refractivity contribution is -0.136. The van der Waals surface area contributed by atoms with Crippen molar-refractivity contribution in [1.29, 1.82) is 0 Å². The van der Waals surface area contributed by atoms with Crippen LogP contribution in [0.25, 0.3) is 0 Å². The first-order valence-electron chi connectivity index (χ1n) is 7.70. The zero-order chi connectivity index (χ0) is 15.2. The van der Waals surface area contributed by atoms with Crippen molar-refractivity contribution in [2.45, 2.75) is 51.2 Å². The zero-order valence-corrected chi connectivity index (χ0v) is 13.2. The van der Waals surface area contributed by atoms with Gasteiger partial charge >= 0.3 is 0 Å². The van der Waals surface area contributed by atoms with Crippen molar-refractivity contribution < 1.29 is 13.9 Å². The molecule has 0 spiro atoms. The minimum atomic E-state index is -0.0932. The van der Waals surface area contributed by atoms with E-state index in [2.05, 4.69) is 19.2 Å². The fourth-order valence-electron chi connectivity index (χ4n) is 3.11. The molecule has 1 aromatic rings. The van der Waals surface area contributed by atoms with Crippen LogP contribution < -0.4 is 5.32 Å². The number of likely N-dealkylation sites (tertiary alicyclic amines) is 1. The molecule has 2 heterocycles. The predicted molar refractivity (Wildman–Crippen MR) is 80.9 cm³/mol. The van der Waals surface area contributed by atoms with Gasteiger partial charge in [-0.2, -0.15) is 0 Å². The Kier molecular flexibility index (Phi) is 5.82. The van der Waals surface area contributed by atoms with E-state index in [-0.39, 0.29) is 11.9 Å². The van der Waals surface area contributed by atoms with Crippen molar-refractivity contribution in [1.82, 2.24) is 10.2 Å². The molecule has 0 aliphatic carbocycles. The molecule has 1 saturated heterocycles. The smallest absolute Gasteiger partial charge is 0.237 e. The molecule has 3 atom stereocenters. The van der Waals surface area contributed by atoms with Crippen molar-refractivity contribution in [2.24, 2.45) is 0 Å². The SMILES string of the molecule is COC[C@@H](NCC(=O)N1[C@H](C)CCC[C@@H]1C)c1ccco1. The van der Waals surface area contributed by atoms with Crippen LogP contribution in [0.3, 0.4) is 0 Å². The van der Waals surface area contributed by atoms with Crippen LogP contribution in [0.2, 0.25) is 0 Å². The molecule has 0 saturated carbocycles. The van der Waals surface area contributed by atoms with E-state index in [0.717, 1.165) is 18.6 Å². The van der Waals surface area contributed by atoms with Crippen molar-refractivity contribution in [2.75, 3.05) is 20.3 Å². The van der Waals surface area contributed by atoms with Crippen LogP contribution >= 0.6 is 0 Å². The van der Waals surface area contributed by atoms with Gasteiger partial charge in [-0.05, 0) is 45.2 Å². The number of nitrogens with one attached hydrogen (secondary N) is 1. The summed E-state index contributed by atoms with van der Waals surface area (Å²) in [5.41, 5.74) is 0. The minimum absolute atomic E-state index is 0.0932. The molecule has 0 aromatic carbocycles. The van der Waals surface area contributed by atoms with E-state index in [9.17, 15) is 4.79 Å². The lowest BCUT2D eigenvalue weighted by atomic mass is 9.97. The molecular formula is C16H26N2O3. The van der Waals surface area contributed by atoms with E-state index in [0.29, 0.717) is 25.2 Å². The van der Waals surface area contributed by atoms with Crippen LogP contribution in [0, 0.1) is 0 Å². The van der Waals surface area contributed by atoms with Gasteiger partial charge in [-0.25, -0.2) is 0 Å². The highest BCUT2D eigenvalue weighted by Gasteiger charge is 2.29. The molecule has 0 unspecified atom stereocenters. The van der Waals surface area contributed by atoms with E-state index in [4.69, 9.17) is 9.15 Å². The number of methoxy groups -OCH3 is 1. The van der Waals surface area contributed by atoms with Gasteiger partial charge in [0.1, 0.15) is 5.76 Å². The number of carbonyl (C=O) groups is 1. The maximum Gasteiger partial charge on any atom is 0.237 e. The standard InChI is InChI=1S/C16H26N2O3/c1-12-6-4-7-13(2)18(12)16(19)10-17-14(11-20-3)15-8-5-9-21-15/h5,8-9,12-14,17H,4,6-7,10-11H2,1-3H3/t12-,13+,14-/m1/s1. The highest BCUT2D eigenvalue weighted by molar-refractivity contribution is 5.79. The lowest BCUT2D eigenvalue weighted by Gasteiger charge is -2.39. The van der Waals surface area contributed by atoms with E-state index in [1.165, 1.54) is 6.42 Å². The first-order valence-corrected chi connectivity index (χ1v) is 7.70. The minimum Gasteiger partial charge on any atom is -0.468 e. The third-order valence-electron chi connectivity index (χ3n) is 4.20. The summed E-state index contributed by atoms with van der Waals surface area (Å²) in [6.07, 6.45) is 5.03. The fourth-order valence-corrected chi connectivity index (χ4v) is 3.11. The van der Waals surface area contributed by atoms with Crippen molar-refractivity contribution in [3.05, 3.63) is 24.2 Å². The van der Waals surface area contributed by atoms with Crippen molar-refractivity contribution in [3.8, 4) is 0 Å². The van der Waals surface area contributed by atoms with E-state index >= 15 is 0 Å². The Morgan fingerprint density at radius 1 is 1.48 bits per heavy atom. The monoisotopic (exact) mass is 294 g/mol. The van der Waals surface area contributed by atoms with Crippen LogP contribution in [0.15, 0.2) is 22.8 Å². The van der Waals surface area contributed by atoms with Crippen LogP contribution in [0.5, 0.6) is 0 Å². The molecule has 1 fully saturated rings. The Balaban J connectivity index is 1.92. The summed E-state index contributed by atoms with van der Waals surface area (Å²) in [6, 6.07) is 4.30. The Morgan fingerprint density at radius 3 is 2.76 bits per heavy atom. The third kappa shape index (κ3) is 4.08. The van der Waals surface area contributed by atoms with Gasteiger partial charge in [0.2, 0.25) is 5.91 Å². The van der Waals surface area contributed by atoms with Gasteiger partial charge in [-0.1, -0.05) is 0 Å². The van der Waals surface area contributed by atoms with E-state index < -0.39 is 0 Å². The van der Waals surface area contributed by atoms with Gasteiger partial charge in [-0.15, -0.1) is 0 Å². The topological polar surface area (TPSA) is 54.7 Å². The van der Waals surface area contributed by atoms with Crippen molar-refractivity contribution in [3.63, 3.8) is 0 Å². The summed E-state index contributed by atoms with van der Waals surface area (Å²) < 4.78 is 10.6. The van der Waals surface area contributed by atoms with Gasteiger partial charge in [-0.3, -0.25) is 10.1 Å². The Bertz CT molecular complexity index is 423. The number of hydrogen-bond acceptors (Lipinski definition) is 4. The maximum absolute atomic E-state index is 12.5. The normalized spacial score (nSPS) is 24.0. The van der Waals surface area contributed by atoms with E-state index in [1.54, 1.807) is 13.4 Å². The summed E-state index contributed by atoms with van der Waals surface area (Å²) in [4.78, 5) is 14.5. The second kappa shape index (κ2) is 7.61. The number of rotatable bonds is 6. The molecule has 1 aliphatic heterocycles. The third-order valence-corrected chi connectivity index (χ3v) is 4.20. The largest absolute Gasteiger partial charge is 0.468 e. The zero-order valence-electron chi connectivity index (χ0n) is 13.2. The molecule has 0 radical (unpaired) electrons. The molecular weight excluding hydrogens is 268 g/mol. The van der Waals surface area contributed by atoms with Gasteiger partial charge < -0.3 is 14.1 Å². The quantitative estimate of drug-likeness (QED) is 0.875. The average Bonchev–Trinajstić information content (AvgIpc) is 2.97. The summed E-state index contributed by atoms with van der Waals surface area (Å²) >= 11 is 0.